The van der Waals surface area contributed by atoms with Crippen molar-refractivity contribution in [2.24, 2.45) is 0 Å². The van der Waals surface area contributed by atoms with Crippen LogP contribution in [0, 0.1) is 5.82 Å². The van der Waals surface area contributed by atoms with Crippen LogP contribution in [-0.2, 0) is 10.5 Å². The average Bonchev–Trinajstić information content (AvgIpc) is 2.61. The Kier molecular flexibility index (Phi) is 7.62. The molecule has 1 N–H and O–H groups in total. The minimum atomic E-state index is -0.561. The average molecular weight is 347 g/mol. The van der Waals surface area contributed by atoms with Crippen molar-refractivity contribution in [3.05, 3.63) is 66.0 Å². The van der Waals surface area contributed by atoms with Gasteiger partial charge in [0.15, 0.2) is 6.10 Å². The van der Waals surface area contributed by atoms with Gasteiger partial charge < -0.3 is 10.1 Å². The number of rotatable bonds is 9. The third-order valence-corrected chi connectivity index (χ3v) is 4.44. The molecule has 2 aromatic rings. The van der Waals surface area contributed by atoms with E-state index in [1.165, 1.54) is 29.8 Å². The van der Waals surface area contributed by atoms with Gasteiger partial charge in [-0.15, -0.1) is 0 Å². The van der Waals surface area contributed by atoms with E-state index in [0.29, 0.717) is 18.7 Å². The van der Waals surface area contributed by atoms with Crippen LogP contribution in [0.5, 0.6) is 5.75 Å². The van der Waals surface area contributed by atoms with Crippen LogP contribution in [0.1, 0.15) is 18.9 Å². The number of thioether (sulfide) groups is 1. The van der Waals surface area contributed by atoms with Gasteiger partial charge in [-0.3, -0.25) is 4.79 Å². The van der Waals surface area contributed by atoms with E-state index < -0.39 is 6.10 Å². The van der Waals surface area contributed by atoms with Crippen molar-refractivity contribution in [3.8, 4) is 5.75 Å². The molecule has 0 aromatic heterocycles. The number of hydrogen-bond donors (Lipinski definition) is 1. The van der Waals surface area contributed by atoms with Crippen molar-refractivity contribution in [2.75, 3.05) is 12.3 Å². The second kappa shape index (κ2) is 9.98. The minimum Gasteiger partial charge on any atom is -0.481 e. The molecular weight excluding hydrogens is 325 g/mol. The summed E-state index contributed by atoms with van der Waals surface area (Å²) in [7, 11) is 0. The quantitative estimate of drug-likeness (QED) is 0.696. The van der Waals surface area contributed by atoms with Gasteiger partial charge in [0.1, 0.15) is 11.6 Å². The Bertz CT molecular complexity index is 619. The third kappa shape index (κ3) is 6.24. The molecule has 0 aliphatic carbocycles. The number of benzene rings is 2. The van der Waals surface area contributed by atoms with Gasteiger partial charge >= 0.3 is 0 Å². The van der Waals surface area contributed by atoms with Crippen molar-refractivity contribution in [1.29, 1.82) is 0 Å². The number of halogens is 1. The lowest BCUT2D eigenvalue weighted by molar-refractivity contribution is -0.127. The van der Waals surface area contributed by atoms with Crippen LogP contribution < -0.4 is 10.1 Å². The van der Waals surface area contributed by atoms with Crippen molar-refractivity contribution in [3.63, 3.8) is 0 Å². The maximum absolute atomic E-state index is 12.9. The molecule has 5 heteroatoms. The van der Waals surface area contributed by atoms with Gasteiger partial charge in [-0.2, -0.15) is 11.8 Å². The molecule has 128 valence electrons. The van der Waals surface area contributed by atoms with Crippen molar-refractivity contribution in [1.82, 2.24) is 5.32 Å². The van der Waals surface area contributed by atoms with Crippen molar-refractivity contribution >= 4 is 17.7 Å². The zero-order chi connectivity index (χ0) is 17.2. The van der Waals surface area contributed by atoms with Crippen LogP contribution in [0.4, 0.5) is 4.39 Å². The van der Waals surface area contributed by atoms with Gasteiger partial charge in [0, 0.05) is 18.1 Å². The first-order chi connectivity index (χ1) is 11.7. The van der Waals surface area contributed by atoms with E-state index in [1.54, 1.807) is 11.8 Å². The van der Waals surface area contributed by atoms with E-state index in [0.717, 1.165) is 11.5 Å². The summed E-state index contributed by atoms with van der Waals surface area (Å²) in [6.45, 7) is 2.48. The summed E-state index contributed by atoms with van der Waals surface area (Å²) in [5, 5.41) is 2.89. The normalized spacial score (nSPS) is 11.8. The van der Waals surface area contributed by atoms with Crippen LogP contribution in [-0.4, -0.2) is 24.3 Å². The monoisotopic (exact) mass is 347 g/mol. The Morgan fingerprint density at radius 3 is 2.54 bits per heavy atom. The zero-order valence-electron chi connectivity index (χ0n) is 13.7. The summed E-state index contributed by atoms with van der Waals surface area (Å²) < 4.78 is 18.5. The molecule has 0 spiro atoms. The predicted molar refractivity (Wildman–Crippen MR) is 96.7 cm³/mol. The van der Waals surface area contributed by atoms with E-state index >= 15 is 0 Å². The lowest BCUT2D eigenvalue weighted by Crippen LogP contribution is -2.39. The second-order valence-corrected chi connectivity index (χ2v) is 6.40. The van der Waals surface area contributed by atoms with Crippen LogP contribution in [0.2, 0.25) is 0 Å². The number of ether oxygens (including phenoxy) is 1. The Morgan fingerprint density at radius 2 is 1.88 bits per heavy atom. The Labute approximate surface area is 146 Å². The maximum Gasteiger partial charge on any atom is 0.261 e. The number of hydrogen-bond acceptors (Lipinski definition) is 3. The van der Waals surface area contributed by atoms with E-state index in [9.17, 15) is 9.18 Å². The molecular formula is C19H22FNO2S. The number of nitrogens with one attached hydrogen (secondary N) is 1. The van der Waals surface area contributed by atoms with Crippen LogP contribution in [0.15, 0.2) is 54.6 Å². The van der Waals surface area contributed by atoms with Gasteiger partial charge in [0.2, 0.25) is 0 Å². The molecule has 24 heavy (non-hydrogen) atoms. The SMILES string of the molecule is CC[C@H](Oc1ccc(F)cc1)C(=O)NCCSCc1ccccc1. The summed E-state index contributed by atoms with van der Waals surface area (Å²) in [6.07, 6.45) is -0.00465. The fourth-order valence-corrected chi connectivity index (χ4v) is 2.94. The third-order valence-electron chi connectivity index (χ3n) is 3.41. The largest absolute Gasteiger partial charge is 0.481 e. The molecule has 0 aliphatic rings. The van der Waals surface area contributed by atoms with E-state index in [4.69, 9.17) is 4.74 Å². The first kappa shape index (κ1) is 18.3. The van der Waals surface area contributed by atoms with Crippen molar-refractivity contribution < 1.29 is 13.9 Å². The zero-order valence-corrected chi connectivity index (χ0v) is 14.5. The molecule has 0 aliphatic heterocycles. The Balaban J connectivity index is 1.68. The van der Waals surface area contributed by atoms with Gasteiger partial charge in [0.25, 0.3) is 5.91 Å². The first-order valence-electron chi connectivity index (χ1n) is 8.00. The highest BCUT2D eigenvalue weighted by Gasteiger charge is 2.17. The summed E-state index contributed by atoms with van der Waals surface area (Å²) in [6, 6.07) is 15.9. The summed E-state index contributed by atoms with van der Waals surface area (Å²) in [5.74, 6) is 1.81. The number of carbonyl (C=O) groups excluding carboxylic acids is 1. The maximum atomic E-state index is 12.9. The summed E-state index contributed by atoms with van der Waals surface area (Å²) in [4.78, 5) is 12.2. The molecule has 0 fully saturated rings. The smallest absolute Gasteiger partial charge is 0.261 e. The number of amides is 1. The molecule has 0 saturated carbocycles. The lowest BCUT2D eigenvalue weighted by Gasteiger charge is -2.17. The van der Waals surface area contributed by atoms with E-state index in [2.05, 4.69) is 17.4 Å². The topological polar surface area (TPSA) is 38.3 Å². The number of carbonyl (C=O) groups is 1. The van der Waals surface area contributed by atoms with Gasteiger partial charge in [-0.05, 0) is 36.2 Å². The lowest BCUT2D eigenvalue weighted by atomic mass is 10.2. The van der Waals surface area contributed by atoms with Crippen molar-refractivity contribution in [2.45, 2.75) is 25.2 Å². The van der Waals surface area contributed by atoms with Gasteiger partial charge in [0.05, 0.1) is 0 Å². The fourth-order valence-electron chi connectivity index (χ4n) is 2.12. The second-order valence-electron chi connectivity index (χ2n) is 5.30. The summed E-state index contributed by atoms with van der Waals surface area (Å²) >= 11 is 1.78. The van der Waals surface area contributed by atoms with Gasteiger partial charge in [-0.25, -0.2) is 4.39 Å². The molecule has 0 radical (unpaired) electrons. The Hall–Kier alpha value is -2.01. The molecule has 2 aromatic carbocycles. The molecule has 3 nitrogen and oxygen atoms in total. The predicted octanol–water partition coefficient (Wildman–Crippen LogP) is 4.03. The molecule has 0 saturated heterocycles. The molecule has 1 atom stereocenters. The standard InChI is InChI=1S/C19H22FNO2S/c1-2-18(23-17-10-8-16(20)9-11-17)19(22)21-12-13-24-14-15-6-4-3-5-7-15/h3-11,18H,2,12-14H2,1H3,(H,21,22)/t18-/m0/s1. The summed E-state index contributed by atoms with van der Waals surface area (Å²) in [5.41, 5.74) is 1.28. The van der Waals surface area contributed by atoms with E-state index in [-0.39, 0.29) is 11.7 Å². The highest BCUT2D eigenvalue weighted by Crippen LogP contribution is 2.15. The fraction of sp³-hybridized carbons (Fsp3) is 0.316. The highest BCUT2D eigenvalue weighted by atomic mass is 32.2. The molecule has 1 amide bonds. The van der Waals surface area contributed by atoms with Crippen LogP contribution in [0.25, 0.3) is 0 Å². The molecule has 0 heterocycles. The molecule has 2 rings (SSSR count). The first-order valence-corrected chi connectivity index (χ1v) is 9.16. The molecule has 0 bridgehead atoms. The van der Waals surface area contributed by atoms with E-state index in [1.807, 2.05) is 25.1 Å². The van der Waals surface area contributed by atoms with Gasteiger partial charge in [-0.1, -0.05) is 37.3 Å². The Morgan fingerprint density at radius 1 is 1.17 bits per heavy atom. The van der Waals surface area contributed by atoms with Crippen LogP contribution in [0.3, 0.4) is 0 Å². The highest BCUT2D eigenvalue weighted by molar-refractivity contribution is 7.98. The van der Waals surface area contributed by atoms with Crippen LogP contribution >= 0.6 is 11.8 Å². The minimum absolute atomic E-state index is 0.137. The molecule has 0 unspecified atom stereocenters.